The average Bonchev–Trinajstić information content (AvgIpc) is 2.54. The Morgan fingerprint density at radius 3 is 3.08 bits per heavy atom. The molecule has 0 amide bonds. The number of aliphatic hydroxyl groups excluding tert-OH is 2. The topological polar surface area (TPSA) is 80.4 Å². The molecule has 6 heteroatoms. The van der Waals surface area contributed by atoms with E-state index in [1.54, 1.807) is 0 Å². The van der Waals surface area contributed by atoms with Crippen molar-refractivity contribution in [2.75, 3.05) is 20.3 Å². The second-order valence-corrected chi connectivity index (χ2v) is 2.58. The van der Waals surface area contributed by atoms with E-state index in [1.165, 1.54) is 18.0 Å². The molecule has 0 aromatic carbocycles. The highest BCUT2D eigenvalue weighted by Crippen LogP contribution is 2.10. The third-order valence-electron chi connectivity index (χ3n) is 1.63. The van der Waals surface area contributed by atoms with Crippen molar-refractivity contribution in [2.24, 2.45) is 0 Å². The largest absolute Gasteiger partial charge is 0.394 e. The van der Waals surface area contributed by atoms with Crippen LogP contribution in [0, 0.1) is 0 Å². The second-order valence-electron chi connectivity index (χ2n) is 2.58. The molecule has 0 aliphatic carbocycles. The summed E-state index contributed by atoms with van der Waals surface area (Å²) in [6, 6.07) is 0. The number of aliphatic hydroxyl groups is 2. The Morgan fingerprint density at radius 1 is 1.69 bits per heavy atom. The van der Waals surface area contributed by atoms with E-state index in [9.17, 15) is 5.11 Å². The third-order valence-corrected chi connectivity index (χ3v) is 1.63. The Bertz CT molecular complexity index is 251. The zero-order valence-corrected chi connectivity index (χ0v) is 7.42. The average molecular weight is 187 g/mol. The Labute approximate surface area is 75.8 Å². The van der Waals surface area contributed by atoms with Gasteiger partial charge in [0.25, 0.3) is 0 Å². The molecule has 0 spiro atoms. The van der Waals surface area contributed by atoms with Crippen LogP contribution in [-0.4, -0.2) is 45.5 Å². The molecule has 0 radical (unpaired) electrons. The summed E-state index contributed by atoms with van der Waals surface area (Å²) in [6.45, 7) is 0.491. The fourth-order valence-corrected chi connectivity index (χ4v) is 1.04. The summed E-state index contributed by atoms with van der Waals surface area (Å²) >= 11 is 0. The summed E-state index contributed by atoms with van der Waals surface area (Å²) in [5.74, 6) is 0. The second kappa shape index (κ2) is 4.90. The van der Waals surface area contributed by atoms with Gasteiger partial charge in [0.05, 0.1) is 31.6 Å². The van der Waals surface area contributed by atoms with Gasteiger partial charge in [0.2, 0.25) is 0 Å². The lowest BCUT2D eigenvalue weighted by atomic mass is 10.3. The predicted octanol–water partition coefficient (Wildman–Crippen LogP) is -1.05. The molecular formula is C7H13N3O3. The number of hydrogen-bond acceptors (Lipinski definition) is 5. The van der Waals surface area contributed by atoms with Crippen LogP contribution in [0.3, 0.4) is 0 Å². The molecule has 0 aliphatic heterocycles. The van der Waals surface area contributed by atoms with Crippen LogP contribution in [0.2, 0.25) is 0 Å². The van der Waals surface area contributed by atoms with Gasteiger partial charge < -0.3 is 14.9 Å². The van der Waals surface area contributed by atoms with Crippen molar-refractivity contribution in [2.45, 2.75) is 12.6 Å². The quantitative estimate of drug-likeness (QED) is 0.614. The number of rotatable bonds is 5. The number of aromatic nitrogens is 3. The molecule has 0 bridgehead atoms. The number of nitrogens with zero attached hydrogens (tertiary/aromatic N) is 3. The maximum Gasteiger partial charge on any atom is 0.120 e. The van der Waals surface area contributed by atoms with Crippen LogP contribution in [0.25, 0.3) is 0 Å². The Kier molecular flexibility index (Phi) is 3.81. The smallest absolute Gasteiger partial charge is 0.120 e. The van der Waals surface area contributed by atoms with Crippen LogP contribution in [-0.2, 0) is 11.3 Å². The monoisotopic (exact) mass is 187 g/mol. The Morgan fingerprint density at radius 2 is 2.46 bits per heavy atom. The molecule has 1 rings (SSSR count). The van der Waals surface area contributed by atoms with Gasteiger partial charge in [0.1, 0.15) is 6.10 Å². The molecule has 74 valence electrons. The minimum absolute atomic E-state index is 0.0317. The van der Waals surface area contributed by atoms with Crippen molar-refractivity contribution in [3.05, 3.63) is 11.9 Å². The van der Waals surface area contributed by atoms with E-state index in [1.807, 2.05) is 0 Å². The van der Waals surface area contributed by atoms with Gasteiger partial charge in [-0.3, -0.25) is 0 Å². The van der Waals surface area contributed by atoms with Gasteiger partial charge in [-0.15, -0.1) is 5.10 Å². The normalized spacial score (nSPS) is 13.2. The summed E-state index contributed by atoms with van der Waals surface area (Å²) in [6.07, 6.45) is 0.714. The first kappa shape index (κ1) is 10.1. The molecule has 13 heavy (non-hydrogen) atoms. The predicted molar refractivity (Wildman–Crippen MR) is 43.9 cm³/mol. The maximum absolute atomic E-state index is 9.51. The summed E-state index contributed by atoms with van der Waals surface area (Å²) in [5, 5.41) is 25.5. The SMILES string of the molecule is COCC(O)c1cnnn1CCO. The summed E-state index contributed by atoms with van der Waals surface area (Å²) in [4.78, 5) is 0. The third kappa shape index (κ3) is 2.48. The van der Waals surface area contributed by atoms with Crippen molar-refractivity contribution >= 4 is 0 Å². The molecule has 0 saturated carbocycles. The standard InChI is InChI=1S/C7H13N3O3/c1-13-5-7(12)6-4-8-9-10(6)2-3-11/h4,7,11-12H,2-3,5H2,1H3. The van der Waals surface area contributed by atoms with E-state index < -0.39 is 6.10 Å². The zero-order valence-electron chi connectivity index (χ0n) is 7.42. The van der Waals surface area contributed by atoms with Gasteiger partial charge in [-0.05, 0) is 0 Å². The first-order valence-electron chi connectivity index (χ1n) is 3.95. The molecule has 1 aromatic heterocycles. The van der Waals surface area contributed by atoms with Crippen LogP contribution in [0.15, 0.2) is 6.20 Å². The molecule has 2 N–H and O–H groups in total. The van der Waals surface area contributed by atoms with Crippen LogP contribution in [0.1, 0.15) is 11.8 Å². The molecule has 0 saturated heterocycles. The van der Waals surface area contributed by atoms with Crippen LogP contribution in [0.4, 0.5) is 0 Å². The lowest BCUT2D eigenvalue weighted by molar-refractivity contribution is 0.0578. The van der Waals surface area contributed by atoms with E-state index in [4.69, 9.17) is 9.84 Å². The Hall–Kier alpha value is -0.980. The summed E-state index contributed by atoms with van der Waals surface area (Å²) < 4.78 is 6.23. The van der Waals surface area contributed by atoms with E-state index in [0.717, 1.165) is 0 Å². The fourth-order valence-electron chi connectivity index (χ4n) is 1.04. The van der Waals surface area contributed by atoms with Gasteiger partial charge >= 0.3 is 0 Å². The first-order valence-corrected chi connectivity index (χ1v) is 3.95. The molecular weight excluding hydrogens is 174 g/mol. The summed E-state index contributed by atoms with van der Waals surface area (Å²) in [5.41, 5.74) is 0.552. The molecule has 1 aromatic rings. The fraction of sp³-hybridized carbons (Fsp3) is 0.714. The highest BCUT2D eigenvalue weighted by molar-refractivity contribution is 4.98. The number of ether oxygens (including phenoxy) is 1. The molecule has 1 unspecified atom stereocenters. The molecule has 0 aliphatic rings. The lowest BCUT2D eigenvalue weighted by Crippen LogP contribution is -2.14. The van der Waals surface area contributed by atoms with Crippen molar-refractivity contribution in [1.82, 2.24) is 15.0 Å². The van der Waals surface area contributed by atoms with Gasteiger partial charge in [-0.25, -0.2) is 4.68 Å². The maximum atomic E-state index is 9.51. The lowest BCUT2D eigenvalue weighted by Gasteiger charge is -2.09. The highest BCUT2D eigenvalue weighted by atomic mass is 16.5. The minimum atomic E-state index is -0.744. The van der Waals surface area contributed by atoms with Gasteiger partial charge in [0.15, 0.2) is 0 Å². The molecule has 6 nitrogen and oxygen atoms in total. The van der Waals surface area contributed by atoms with Gasteiger partial charge in [-0.1, -0.05) is 5.21 Å². The van der Waals surface area contributed by atoms with E-state index >= 15 is 0 Å². The Balaban J connectivity index is 2.68. The molecule has 1 heterocycles. The summed E-state index contributed by atoms with van der Waals surface area (Å²) in [7, 11) is 1.50. The van der Waals surface area contributed by atoms with Crippen molar-refractivity contribution in [1.29, 1.82) is 0 Å². The van der Waals surface area contributed by atoms with Crippen molar-refractivity contribution in [3.63, 3.8) is 0 Å². The van der Waals surface area contributed by atoms with Crippen LogP contribution >= 0.6 is 0 Å². The van der Waals surface area contributed by atoms with E-state index in [2.05, 4.69) is 10.3 Å². The highest BCUT2D eigenvalue weighted by Gasteiger charge is 2.13. The number of methoxy groups -OCH3 is 1. The van der Waals surface area contributed by atoms with E-state index in [-0.39, 0.29) is 13.2 Å². The van der Waals surface area contributed by atoms with E-state index in [0.29, 0.717) is 12.2 Å². The molecule has 0 fully saturated rings. The molecule has 1 atom stereocenters. The first-order chi connectivity index (χ1) is 6.29. The van der Waals surface area contributed by atoms with Crippen LogP contribution in [0.5, 0.6) is 0 Å². The van der Waals surface area contributed by atoms with Crippen LogP contribution < -0.4 is 0 Å². The zero-order chi connectivity index (χ0) is 9.68. The minimum Gasteiger partial charge on any atom is -0.394 e. The van der Waals surface area contributed by atoms with Crippen molar-refractivity contribution < 1.29 is 14.9 Å². The van der Waals surface area contributed by atoms with Gasteiger partial charge in [-0.2, -0.15) is 0 Å². The van der Waals surface area contributed by atoms with Gasteiger partial charge in [0, 0.05) is 7.11 Å². The number of hydrogen-bond donors (Lipinski definition) is 2. The van der Waals surface area contributed by atoms with Crippen molar-refractivity contribution in [3.8, 4) is 0 Å².